The Balaban J connectivity index is 2.10. The molecule has 1 fully saturated rings. The van der Waals surface area contributed by atoms with Crippen molar-refractivity contribution >= 4 is 22.8 Å². The Labute approximate surface area is 105 Å². The molecule has 7 heteroatoms. The van der Waals surface area contributed by atoms with Gasteiger partial charge in [-0.25, -0.2) is 0 Å². The molecule has 0 bridgehead atoms. The van der Waals surface area contributed by atoms with Crippen LogP contribution in [0.2, 0.25) is 0 Å². The van der Waals surface area contributed by atoms with E-state index in [1.165, 1.54) is 0 Å². The molecule has 1 aliphatic rings. The molecule has 0 amide bonds. The lowest BCUT2D eigenvalue weighted by atomic mass is 10.2. The lowest BCUT2D eigenvalue weighted by molar-refractivity contribution is 0.0987. The van der Waals surface area contributed by atoms with Crippen LogP contribution in [-0.4, -0.2) is 53.0 Å². The van der Waals surface area contributed by atoms with Crippen LogP contribution >= 0.6 is 0 Å². The van der Waals surface area contributed by atoms with E-state index in [1.807, 2.05) is 7.05 Å². The van der Waals surface area contributed by atoms with E-state index < -0.39 is 0 Å². The highest BCUT2D eigenvalue weighted by molar-refractivity contribution is 5.87. The quantitative estimate of drug-likeness (QED) is 0.811. The zero-order valence-corrected chi connectivity index (χ0v) is 10.5. The van der Waals surface area contributed by atoms with Gasteiger partial charge in [0, 0.05) is 13.6 Å². The van der Waals surface area contributed by atoms with Crippen LogP contribution in [0.3, 0.4) is 0 Å². The molecule has 1 aliphatic heterocycles. The van der Waals surface area contributed by atoms with Crippen LogP contribution in [0.4, 0.5) is 11.8 Å². The van der Waals surface area contributed by atoms with Crippen molar-refractivity contribution in [3.05, 3.63) is 6.20 Å². The van der Waals surface area contributed by atoms with Crippen LogP contribution in [0.5, 0.6) is 0 Å². The summed E-state index contributed by atoms with van der Waals surface area (Å²) in [4.78, 5) is 11.1. The Bertz CT molecular complexity index is 553. The molecule has 2 aromatic rings. The fourth-order valence-corrected chi connectivity index (χ4v) is 2.19. The van der Waals surface area contributed by atoms with Crippen molar-refractivity contribution in [2.75, 3.05) is 37.0 Å². The summed E-state index contributed by atoms with van der Waals surface area (Å²) in [5.41, 5.74) is 0.753. The molecular formula is C11H16N6O. The number of nitrogens with one attached hydrogen (secondary N) is 2. The van der Waals surface area contributed by atoms with Crippen LogP contribution < -0.4 is 10.2 Å². The summed E-state index contributed by atoms with van der Waals surface area (Å²) in [5.74, 6) is 1.51. The molecular weight excluding hydrogens is 232 g/mol. The number of nitrogens with zero attached hydrogens (tertiary/aromatic N) is 4. The molecule has 2 N–H and O–H groups in total. The maximum Gasteiger partial charge on any atom is 0.226 e. The van der Waals surface area contributed by atoms with Crippen molar-refractivity contribution in [1.82, 2.24) is 20.2 Å². The van der Waals surface area contributed by atoms with Crippen LogP contribution in [0.25, 0.3) is 11.0 Å². The number of anilines is 2. The number of ether oxygens (including phenoxy) is 1. The molecule has 0 radical (unpaired) electrons. The Morgan fingerprint density at radius 2 is 2.39 bits per heavy atom. The molecule has 0 aliphatic carbocycles. The molecule has 2 aromatic heterocycles. The third-order valence-corrected chi connectivity index (χ3v) is 3.15. The van der Waals surface area contributed by atoms with Gasteiger partial charge in [-0.2, -0.15) is 15.1 Å². The van der Waals surface area contributed by atoms with Gasteiger partial charge in [0.1, 0.15) is 5.82 Å². The normalized spacial score (nSPS) is 20.3. The number of morpholine rings is 1. The highest BCUT2D eigenvalue weighted by Gasteiger charge is 2.23. The number of fused-ring (bicyclic) bond motifs is 1. The minimum Gasteiger partial charge on any atom is -0.377 e. The van der Waals surface area contributed by atoms with Crippen LogP contribution in [0.15, 0.2) is 6.20 Å². The molecule has 0 saturated carbocycles. The summed E-state index contributed by atoms with van der Waals surface area (Å²) in [5, 5.41) is 10.9. The third-order valence-electron chi connectivity index (χ3n) is 3.15. The van der Waals surface area contributed by atoms with Crippen molar-refractivity contribution in [1.29, 1.82) is 0 Å². The van der Waals surface area contributed by atoms with E-state index in [1.54, 1.807) is 6.20 Å². The lowest BCUT2D eigenvalue weighted by Gasteiger charge is -2.34. The zero-order chi connectivity index (χ0) is 12.5. The number of H-pyrrole nitrogens is 1. The molecule has 0 aromatic carbocycles. The van der Waals surface area contributed by atoms with E-state index in [0.29, 0.717) is 12.0 Å². The fourth-order valence-electron chi connectivity index (χ4n) is 2.19. The number of hydrogen-bond donors (Lipinski definition) is 2. The lowest BCUT2D eigenvalue weighted by Crippen LogP contribution is -2.44. The SMILES string of the molecule is CNc1nc(N2CCOCC2C)c2cn[nH]c2n1. The Kier molecular flexibility index (Phi) is 2.75. The minimum absolute atomic E-state index is 0.302. The molecule has 1 atom stereocenters. The highest BCUT2D eigenvalue weighted by Crippen LogP contribution is 2.26. The van der Waals surface area contributed by atoms with Crippen LogP contribution in [-0.2, 0) is 4.74 Å². The predicted molar refractivity (Wildman–Crippen MR) is 68.9 cm³/mol. The number of rotatable bonds is 2. The molecule has 0 spiro atoms. The van der Waals surface area contributed by atoms with Gasteiger partial charge in [0.2, 0.25) is 5.95 Å². The third kappa shape index (κ3) is 1.76. The highest BCUT2D eigenvalue weighted by atomic mass is 16.5. The predicted octanol–water partition coefficient (Wildman–Crippen LogP) is 0.620. The maximum atomic E-state index is 5.46. The van der Waals surface area contributed by atoms with E-state index in [9.17, 15) is 0 Å². The van der Waals surface area contributed by atoms with E-state index in [-0.39, 0.29) is 0 Å². The Hall–Kier alpha value is -1.89. The second-order valence-corrected chi connectivity index (χ2v) is 4.37. The van der Waals surface area contributed by atoms with Gasteiger partial charge in [-0.15, -0.1) is 0 Å². The van der Waals surface area contributed by atoms with Crippen molar-refractivity contribution in [2.24, 2.45) is 0 Å². The number of aromatic amines is 1. The smallest absolute Gasteiger partial charge is 0.226 e. The first-order chi connectivity index (χ1) is 8.79. The maximum absolute atomic E-state index is 5.46. The van der Waals surface area contributed by atoms with E-state index in [0.717, 1.165) is 36.6 Å². The summed E-state index contributed by atoms with van der Waals surface area (Å²) < 4.78 is 5.46. The second-order valence-electron chi connectivity index (χ2n) is 4.37. The first-order valence-corrected chi connectivity index (χ1v) is 6.03. The summed E-state index contributed by atoms with van der Waals surface area (Å²) in [7, 11) is 1.81. The summed E-state index contributed by atoms with van der Waals surface area (Å²) in [6.45, 7) is 4.41. The molecule has 18 heavy (non-hydrogen) atoms. The van der Waals surface area contributed by atoms with Gasteiger partial charge < -0.3 is 15.0 Å². The second kappa shape index (κ2) is 4.41. The van der Waals surface area contributed by atoms with Crippen molar-refractivity contribution in [3.63, 3.8) is 0 Å². The Morgan fingerprint density at radius 1 is 1.50 bits per heavy atom. The average molecular weight is 248 g/mol. The summed E-state index contributed by atoms with van der Waals surface area (Å²) in [6.07, 6.45) is 1.77. The molecule has 1 unspecified atom stereocenters. The number of aromatic nitrogens is 4. The van der Waals surface area contributed by atoms with Gasteiger partial charge in [0.25, 0.3) is 0 Å². The fraction of sp³-hybridized carbons (Fsp3) is 0.545. The van der Waals surface area contributed by atoms with Gasteiger partial charge in [-0.3, -0.25) is 5.10 Å². The van der Waals surface area contributed by atoms with Gasteiger partial charge in [0.05, 0.1) is 30.8 Å². The van der Waals surface area contributed by atoms with Crippen molar-refractivity contribution < 1.29 is 4.74 Å². The monoisotopic (exact) mass is 248 g/mol. The van der Waals surface area contributed by atoms with Crippen molar-refractivity contribution in [3.8, 4) is 0 Å². The molecule has 7 nitrogen and oxygen atoms in total. The minimum atomic E-state index is 0.302. The topological polar surface area (TPSA) is 79.0 Å². The number of hydrogen-bond acceptors (Lipinski definition) is 6. The van der Waals surface area contributed by atoms with Gasteiger partial charge >= 0.3 is 0 Å². The van der Waals surface area contributed by atoms with Gasteiger partial charge in [-0.05, 0) is 6.92 Å². The standard InChI is InChI=1S/C11H16N6O/c1-7-6-18-4-3-17(7)10-8-5-13-16-9(8)14-11(12-2)15-10/h5,7H,3-4,6H2,1-2H3,(H2,12,13,14,15,16). The first-order valence-electron chi connectivity index (χ1n) is 6.03. The van der Waals surface area contributed by atoms with E-state index in [4.69, 9.17) is 4.74 Å². The van der Waals surface area contributed by atoms with Crippen LogP contribution in [0, 0.1) is 0 Å². The summed E-state index contributed by atoms with van der Waals surface area (Å²) in [6, 6.07) is 0.302. The zero-order valence-electron chi connectivity index (χ0n) is 10.5. The van der Waals surface area contributed by atoms with E-state index >= 15 is 0 Å². The molecule has 3 heterocycles. The largest absolute Gasteiger partial charge is 0.377 e. The molecule has 3 rings (SSSR count). The first kappa shape index (κ1) is 11.2. The summed E-state index contributed by atoms with van der Waals surface area (Å²) >= 11 is 0. The van der Waals surface area contributed by atoms with Crippen LogP contribution in [0.1, 0.15) is 6.92 Å². The van der Waals surface area contributed by atoms with E-state index in [2.05, 4.69) is 37.3 Å². The molecule has 96 valence electrons. The van der Waals surface area contributed by atoms with Gasteiger partial charge in [-0.1, -0.05) is 0 Å². The van der Waals surface area contributed by atoms with Crippen molar-refractivity contribution in [2.45, 2.75) is 13.0 Å². The Morgan fingerprint density at radius 3 is 3.17 bits per heavy atom. The van der Waals surface area contributed by atoms with Gasteiger partial charge in [0.15, 0.2) is 5.65 Å². The average Bonchev–Trinajstić information content (AvgIpc) is 2.86. The molecule has 1 saturated heterocycles.